The minimum absolute atomic E-state index is 0.718. The topological polar surface area (TPSA) is 25.2 Å². The summed E-state index contributed by atoms with van der Waals surface area (Å²) in [5, 5.41) is 4.72. The maximum absolute atomic E-state index is 5.81. The van der Waals surface area contributed by atoms with Crippen LogP contribution in [0.3, 0.4) is 0 Å². The van der Waals surface area contributed by atoms with Crippen molar-refractivity contribution in [1.29, 1.82) is 0 Å². The van der Waals surface area contributed by atoms with Gasteiger partial charge in [0.1, 0.15) is 11.3 Å². The molecule has 1 aromatic heterocycles. The highest BCUT2D eigenvalue weighted by Gasteiger charge is 2.16. The summed E-state index contributed by atoms with van der Waals surface area (Å²) in [4.78, 5) is 0. The second kappa shape index (κ2) is 3.95. The van der Waals surface area contributed by atoms with Gasteiger partial charge in [-0.05, 0) is 37.5 Å². The highest BCUT2D eigenvalue weighted by molar-refractivity contribution is 5.78. The zero-order valence-corrected chi connectivity index (χ0v) is 9.62. The third kappa shape index (κ3) is 1.85. The van der Waals surface area contributed by atoms with Crippen molar-refractivity contribution in [1.82, 2.24) is 5.32 Å². The molecule has 3 rings (SSSR count). The van der Waals surface area contributed by atoms with Crippen LogP contribution in [0.25, 0.3) is 11.0 Å². The molecule has 0 bridgehead atoms. The largest absolute Gasteiger partial charge is 0.460 e. The van der Waals surface area contributed by atoms with E-state index in [-0.39, 0.29) is 0 Å². The molecule has 1 heterocycles. The molecule has 1 N–H and O–H groups in total. The van der Waals surface area contributed by atoms with E-state index in [0.717, 1.165) is 23.9 Å². The van der Waals surface area contributed by atoms with Crippen LogP contribution >= 0.6 is 0 Å². The SMILES string of the molecule is Cc1ccc2cc(CNC3CCC3)oc2c1. The van der Waals surface area contributed by atoms with Crippen LogP contribution in [0, 0.1) is 6.92 Å². The zero-order chi connectivity index (χ0) is 11.0. The number of aryl methyl sites for hydroxylation is 1. The lowest BCUT2D eigenvalue weighted by Crippen LogP contribution is -2.34. The maximum atomic E-state index is 5.81. The summed E-state index contributed by atoms with van der Waals surface area (Å²) in [6.07, 6.45) is 4.01. The molecule has 0 atom stereocenters. The Morgan fingerprint density at radius 1 is 1.31 bits per heavy atom. The molecular formula is C14H17NO. The smallest absolute Gasteiger partial charge is 0.134 e. The monoisotopic (exact) mass is 215 g/mol. The fourth-order valence-electron chi connectivity index (χ4n) is 2.14. The molecule has 1 fully saturated rings. The summed E-state index contributed by atoms with van der Waals surface area (Å²) in [5.41, 5.74) is 2.26. The highest BCUT2D eigenvalue weighted by atomic mass is 16.3. The summed E-state index contributed by atoms with van der Waals surface area (Å²) in [7, 11) is 0. The maximum Gasteiger partial charge on any atom is 0.134 e. The average molecular weight is 215 g/mol. The van der Waals surface area contributed by atoms with Gasteiger partial charge in [0.15, 0.2) is 0 Å². The van der Waals surface area contributed by atoms with Crippen molar-refractivity contribution < 1.29 is 4.42 Å². The van der Waals surface area contributed by atoms with E-state index in [9.17, 15) is 0 Å². The van der Waals surface area contributed by atoms with Crippen molar-refractivity contribution in [3.8, 4) is 0 Å². The average Bonchev–Trinajstić information content (AvgIpc) is 2.57. The van der Waals surface area contributed by atoms with Gasteiger partial charge in [-0.25, -0.2) is 0 Å². The second-order valence-electron chi connectivity index (χ2n) is 4.76. The van der Waals surface area contributed by atoms with Crippen molar-refractivity contribution in [2.75, 3.05) is 0 Å². The summed E-state index contributed by atoms with van der Waals surface area (Å²) in [6, 6.07) is 9.21. The molecule has 1 aliphatic rings. The van der Waals surface area contributed by atoms with Gasteiger partial charge in [0.25, 0.3) is 0 Å². The van der Waals surface area contributed by atoms with Crippen molar-refractivity contribution in [3.63, 3.8) is 0 Å². The number of fused-ring (bicyclic) bond motifs is 1. The van der Waals surface area contributed by atoms with E-state index >= 15 is 0 Å². The Kier molecular flexibility index (Phi) is 2.44. The van der Waals surface area contributed by atoms with Crippen molar-refractivity contribution in [2.45, 2.75) is 38.8 Å². The highest BCUT2D eigenvalue weighted by Crippen LogP contribution is 2.22. The number of rotatable bonds is 3. The van der Waals surface area contributed by atoms with Gasteiger partial charge >= 0.3 is 0 Å². The predicted octanol–water partition coefficient (Wildman–Crippen LogP) is 3.38. The van der Waals surface area contributed by atoms with E-state index in [2.05, 4.69) is 36.5 Å². The van der Waals surface area contributed by atoms with Gasteiger partial charge in [-0.1, -0.05) is 18.6 Å². The van der Waals surface area contributed by atoms with Crippen LogP contribution in [-0.2, 0) is 6.54 Å². The Morgan fingerprint density at radius 3 is 2.94 bits per heavy atom. The minimum atomic E-state index is 0.718. The quantitative estimate of drug-likeness (QED) is 0.849. The number of benzene rings is 1. The summed E-state index contributed by atoms with van der Waals surface area (Å²) in [5.74, 6) is 1.05. The molecule has 84 valence electrons. The number of hydrogen-bond donors (Lipinski definition) is 1. The molecule has 0 aliphatic heterocycles. The Bertz CT molecular complexity index is 496. The molecule has 0 unspecified atom stereocenters. The fourth-order valence-corrected chi connectivity index (χ4v) is 2.14. The third-order valence-corrected chi connectivity index (χ3v) is 3.40. The number of furan rings is 1. The number of hydrogen-bond acceptors (Lipinski definition) is 2. The molecule has 0 spiro atoms. The Labute approximate surface area is 95.6 Å². The standard InChI is InChI=1S/C14H17NO/c1-10-5-6-11-8-13(16-14(11)7-10)9-15-12-3-2-4-12/h5-8,12,15H,2-4,9H2,1H3. The first-order chi connectivity index (χ1) is 7.81. The lowest BCUT2D eigenvalue weighted by Gasteiger charge is -2.25. The molecule has 16 heavy (non-hydrogen) atoms. The normalized spacial score (nSPS) is 16.6. The number of nitrogens with one attached hydrogen (secondary N) is 1. The van der Waals surface area contributed by atoms with Gasteiger partial charge in [-0.3, -0.25) is 0 Å². The predicted molar refractivity (Wildman–Crippen MR) is 65.4 cm³/mol. The molecular weight excluding hydrogens is 198 g/mol. The molecule has 2 aromatic rings. The molecule has 2 nitrogen and oxygen atoms in total. The first kappa shape index (κ1) is 9.91. The van der Waals surface area contributed by atoms with E-state index in [1.807, 2.05) is 0 Å². The second-order valence-corrected chi connectivity index (χ2v) is 4.76. The van der Waals surface area contributed by atoms with Crippen LogP contribution in [-0.4, -0.2) is 6.04 Å². The lowest BCUT2D eigenvalue weighted by molar-refractivity contribution is 0.327. The van der Waals surface area contributed by atoms with Crippen LogP contribution in [0.5, 0.6) is 0 Å². The van der Waals surface area contributed by atoms with Crippen LogP contribution in [0.4, 0.5) is 0 Å². The van der Waals surface area contributed by atoms with Crippen LogP contribution < -0.4 is 5.32 Å². The van der Waals surface area contributed by atoms with Gasteiger partial charge in [0.2, 0.25) is 0 Å². The first-order valence-electron chi connectivity index (χ1n) is 6.04. The van der Waals surface area contributed by atoms with E-state index in [0.29, 0.717) is 0 Å². The molecule has 2 heteroatoms. The lowest BCUT2D eigenvalue weighted by atomic mass is 9.93. The molecule has 0 radical (unpaired) electrons. The zero-order valence-electron chi connectivity index (χ0n) is 9.62. The molecule has 1 aliphatic carbocycles. The Morgan fingerprint density at radius 2 is 2.19 bits per heavy atom. The minimum Gasteiger partial charge on any atom is -0.460 e. The van der Waals surface area contributed by atoms with Crippen LogP contribution in [0.15, 0.2) is 28.7 Å². The van der Waals surface area contributed by atoms with Gasteiger partial charge in [-0.15, -0.1) is 0 Å². The van der Waals surface area contributed by atoms with Gasteiger partial charge in [0, 0.05) is 11.4 Å². The van der Waals surface area contributed by atoms with E-state index < -0.39 is 0 Å². The molecule has 0 saturated heterocycles. The van der Waals surface area contributed by atoms with Gasteiger partial charge in [0.05, 0.1) is 6.54 Å². The van der Waals surface area contributed by atoms with Gasteiger partial charge in [-0.2, -0.15) is 0 Å². The van der Waals surface area contributed by atoms with Crippen LogP contribution in [0.1, 0.15) is 30.6 Å². The van der Waals surface area contributed by atoms with Crippen LogP contribution in [0.2, 0.25) is 0 Å². The summed E-state index contributed by atoms with van der Waals surface area (Å²) >= 11 is 0. The summed E-state index contributed by atoms with van der Waals surface area (Å²) < 4.78 is 5.81. The van der Waals surface area contributed by atoms with E-state index in [1.54, 1.807) is 0 Å². The first-order valence-corrected chi connectivity index (χ1v) is 6.04. The Hall–Kier alpha value is -1.28. The van der Waals surface area contributed by atoms with Crippen molar-refractivity contribution >= 4 is 11.0 Å². The van der Waals surface area contributed by atoms with E-state index in [1.165, 1.54) is 30.2 Å². The summed E-state index contributed by atoms with van der Waals surface area (Å²) in [6.45, 7) is 2.95. The molecule has 0 amide bonds. The van der Waals surface area contributed by atoms with E-state index in [4.69, 9.17) is 4.42 Å². The fraction of sp³-hybridized carbons (Fsp3) is 0.429. The third-order valence-electron chi connectivity index (χ3n) is 3.40. The Balaban J connectivity index is 1.76. The van der Waals surface area contributed by atoms with Crippen molar-refractivity contribution in [2.24, 2.45) is 0 Å². The van der Waals surface area contributed by atoms with Crippen molar-refractivity contribution in [3.05, 3.63) is 35.6 Å². The molecule has 1 saturated carbocycles. The van der Waals surface area contributed by atoms with Gasteiger partial charge < -0.3 is 9.73 Å². The molecule has 1 aromatic carbocycles.